The Bertz CT molecular complexity index is 1260. The highest BCUT2D eigenvalue weighted by Gasteiger charge is 2.30. The quantitative estimate of drug-likeness (QED) is 0.451. The monoisotopic (exact) mass is 434 g/mol. The molecule has 1 aliphatic heterocycles. The SMILES string of the molecule is Cc1sc2c(c1C)C(c1ccc(Cl)cc1)=NN(Cc1cccnc1)c1nnc(C)n1-2. The summed E-state index contributed by atoms with van der Waals surface area (Å²) in [5.41, 5.74) is 5.28. The first kappa shape index (κ1) is 19.0. The molecule has 0 N–H and O–H groups in total. The Kier molecular flexibility index (Phi) is 4.64. The maximum atomic E-state index is 6.15. The molecule has 0 unspecified atom stereocenters. The molecule has 5 rings (SSSR count). The summed E-state index contributed by atoms with van der Waals surface area (Å²) < 4.78 is 2.10. The molecule has 6 nitrogen and oxygen atoms in total. The van der Waals surface area contributed by atoms with Crippen molar-refractivity contribution in [2.45, 2.75) is 27.3 Å². The lowest BCUT2D eigenvalue weighted by molar-refractivity contribution is 0.795. The average Bonchev–Trinajstić information content (AvgIpc) is 3.22. The van der Waals surface area contributed by atoms with Crippen LogP contribution in [0.25, 0.3) is 5.00 Å². The number of hydrogen-bond acceptors (Lipinski definition) is 6. The number of aromatic nitrogens is 4. The van der Waals surface area contributed by atoms with Gasteiger partial charge in [-0.3, -0.25) is 9.55 Å². The van der Waals surface area contributed by atoms with E-state index in [4.69, 9.17) is 16.7 Å². The van der Waals surface area contributed by atoms with Crippen molar-refractivity contribution in [3.8, 4) is 5.00 Å². The van der Waals surface area contributed by atoms with Gasteiger partial charge in [0.25, 0.3) is 5.95 Å². The van der Waals surface area contributed by atoms with Crippen molar-refractivity contribution in [3.63, 3.8) is 0 Å². The Morgan fingerprint density at radius 3 is 2.57 bits per heavy atom. The van der Waals surface area contributed by atoms with Crippen molar-refractivity contribution in [3.05, 3.63) is 86.8 Å². The molecule has 1 aliphatic rings. The van der Waals surface area contributed by atoms with Gasteiger partial charge in [0, 0.05) is 33.4 Å². The second-order valence-corrected chi connectivity index (χ2v) is 8.86. The van der Waals surface area contributed by atoms with Crippen LogP contribution in [0.3, 0.4) is 0 Å². The van der Waals surface area contributed by atoms with E-state index in [1.807, 2.05) is 54.5 Å². The fourth-order valence-corrected chi connectivity index (χ4v) is 4.93. The minimum atomic E-state index is 0.538. The fraction of sp³-hybridized carbons (Fsp3) is 0.182. The van der Waals surface area contributed by atoms with Gasteiger partial charge in [-0.15, -0.1) is 21.5 Å². The van der Waals surface area contributed by atoms with Crippen molar-refractivity contribution >= 4 is 34.6 Å². The van der Waals surface area contributed by atoms with Crippen LogP contribution in [-0.2, 0) is 6.54 Å². The van der Waals surface area contributed by atoms with Gasteiger partial charge in [-0.1, -0.05) is 29.8 Å². The maximum absolute atomic E-state index is 6.15. The number of aryl methyl sites for hydroxylation is 2. The summed E-state index contributed by atoms with van der Waals surface area (Å²) in [6, 6.07) is 11.8. The zero-order valence-corrected chi connectivity index (χ0v) is 18.4. The molecule has 8 heteroatoms. The van der Waals surface area contributed by atoms with Crippen molar-refractivity contribution in [1.82, 2.24) is 19.7 Å². The first-order valence-electron chi connectivity index (χ1n) is 9.56. The van der Waals surface area contributed by atoms with Crippen molar-refractivity contribution < 1.29 is 0 Å². The minimum absolute atomic E-state index is 0.538. The van der Waals surface area contributed by atoms with Crippen LogP contribution < -0.4 is 5.01 Å². The molecule has 0 fully saturated rings. The molecule has 150 valence electrons. The molecule has 4 aromatic rings. The van der Waals surface area contributed by atoms with Gasteiger partial charge in [0.15, 0.2) is 0 Å². The van der Waals surface area contributed by atoms with E-state index in [9.17, 15) is 0 Å². The molecule has 0 saturated heterocycles. The second-order valence-electron chi connectivity index (χ2n) is 7.22. The molecule has 0 saturated carbocycles. The first-order valence-corrected chi connectivity index (χ1v) is 10.8. The lowest BCUT2D eigenvalue weighted by atomic mass is 10.00. The van der Waals surface area contributed by atoms with Crippen LogP contribution in [0.15, 0.2) is 53.9 Å². The number of benzene rings is 1. The molecular formula is C22H19ClN6S. The molecule has 0 amide bonds. The van der Waals surface area contributed by atoms with Gasteiger partial charge >= 0.3 is 0 Å². The van der Waals surface area contributed by atoms with Gasteiger partial charge < -0.3 is 0 Å². The lowest BCUT2D eigenvalue weighted by Crippen LogP contribution is -2.20. The topological polar surface area (TPSA) is 59.2 Å². The highest BCUT2D eigenvalue weighted by atomic mass is 35.5. The third kappa shape index (κ3) is 3.11. The number of thiophene rings is 1. The second kappa shape index (κ2) is 7.34. The summed E-state index contributed by atoms with van der Waals surface area (Å²) in [7, 11) is 0. The number of hydrogen-bond donors (Lipinski definition) is 0. The molecule has 1 aromatic carbocycles. The van der Waals surface area contributed by atoms with E-state index >= 15 is 0 Å². The number of halogens is 1. The smallest absolute Gasteiger partial charge is 0.253 e. The largest absolute Gasteiger partial charge is 0.264 e. The van der Waals surface area contributed by atoms with Crippen LogP contribution in [0, 0.1) is 20.8 Å². The number of hydrazone groups is 1. The third-order valence-corrected chi connectivity index (χ3v) is 6.68. The van der Waals surface area contributed by atoms with Crippen LogP contribution in [0.2, 0.25) is 5.02 Å². The molecular weight excluding hydrogens is 416 g/mol. The van der Waals surface area contributed by atoms with Gasteiger partial charge in [0.2, 0.25) is 0 Å². The number of nitrogens with zero attached hydrogens (tertiary/aromatic N) is 6. The van der Waals surface area contributed by atoms with Gasteiger partial charge in [0.05, 0.1) is 6.54 Å². The highest BCUT2D eigenvalue weighted by Crippen LogP contribution is 2.38. The molecule has 4 heterocycles. The Morgan fingerprint density at radius 2 is 1.83 bits per heavy atom. The Labute approximate surface area is 183 Å². The Balaban J connectivity index is 1.76. The van der Waals surface area contributed by atoms with E-state index in [1.54, 1.807) is 17.5 Å². The fourth-order valence-electron chi connectivity index (χ4n) is 3.60. The van der Waals surface area contributed by atoms with Crippen molar-refractivity contribution in [1.29, 1.82) is 0 Å². The molecule has 0 bridgehead atoms. The lowest BCUT2D eigenvalue weighted by Gasteiger charge is -2.17. The first-order chi connectivity index (χ1) is 14.5. The average molecular weight is 435 g/mol. The van der Waals surface area contributed by atoms with Gasteiger partial charge in [-0.05, 0) is 50.1 Å². The van der Waals surface area contributed by atoms with Crippen molar-refractivity contribution in [2.75, 3.05) is 5.01 Å². The predicted octanol–water partition coefficient (Wildman–Crippen LogP) is 5.08. The summed E-state index contributed by atoms with van der Waals surface area (Å²) in [6.45, 7) is 6.79. The van der Waals surface area contributed by atoms with E-state index in [0.29, 0.717) is 17.5 Å². The number of fused-ring (bicyclic) bond motifs is 3. The molecule has 30 heavy (non-hydrogen) atoms. The summed E-state index contributed by atoms with van der Waals surface area (Å²) in [6.07, 6.45) is 3.62. The van der Waals surface area contributed by atoms with Crippen molar-refractivity contribution in [2.24, 2.45) is 5.10 Å². The molecule has 3 aromatic heterocycles. The zero-order valence-electron chi connectivity index (χ0n) is 16.8. The third-order valence-electron chi connectivity index (χ3n) is 5.24. The number of rotatable bonds is 3. The number of anilines is 1. The van der Waals surface area contributed by atoms with Gasteiger partial charge in [-0.25, -0.2) is 5.01 Å². The van der Waals surface area contributed by atoms with Crippen LogP contribution in [0.5, 0.6) is 0 Å². The van der Waals surface area contributed by atoms with Crippen LogP contribution in [0.4, 0.5) is 5.95 Å². The van der Waals surface area contributed by atoms with Crippen LogP contribution >= 0.6 is 22.9 Å². The highest BCUT2D eigenvalue weighted by molar-refractivity contribution is 7.15. The van der Waals surface area contributed by atoms with Gasteiger partial charge in [-0.2, -0.15) is 5.10 Å². The van der Waals surface area contributed by atoms with E-state index < -0.39 is 0 Å². The van der Waals surface area contributed by atoms with E-state index in [-0.39, 0.29) is 0 Å². The van der Waals surface area contributed by atoms with E-state index in [1.165, 1.54) is 10.4 Å². The molecule has 0 radical (unpaired) electrons. The maximum Gasteiger partial charge on any atom is 0.253 e. The predicted molar refractivity (Wildman–Crippen MR) is 121 cm³/mol. The van der Waals surface area contributed by atoms with E-state index in [0.717, 1.165) is 33.2 Å². The van der Waals surface area contributed by atoms with Crippen LogP contribution in [0.1, 0.15) is 33.0 Å². The number of pyridine rings is 1. The Hall–Kier alpha value is -3.03. The minimum Gasteiger partial charge on any atom is -0.264 e. The standard InChI is InChI=1S/C22H19ClN6S/c1-13-14(2)30-21-19(13)20(17-6-8-18(23)9-7-17)27-28(12-16-5-4-10-24-11-16)22-26-25-15(3)29(21)22/h4-11H,12H2,1-3H3. The summed E-state index contributed by atoms with van der Waals surface area (Å²) in [4.78, 5) is 5.50. The molecule has 0 aliphatic carbocycles. The summed E-state index contributed by atoms with van der Waals surface area (Å²) in [5.74, 6) is 1.53. The molecule has 0 atom stereocenters. The van der Waals surface area contributed by atoms with Gasteiger partial charge in [0.1, 0.15) is 16.5 Å². The van der Waals surface area contributed by atoms with Crippen LogP contribution in [-0.4, -0.2) is 25.5 Å². The van der Waals surface area contributed by atoms with E-state index in [2.05, 4.69) is 33.6 Å². The summed E-state index contributed by atoms with van der Waals surface area (Å²) >= 11 is 7.89. The normalized spacial score (nSPS) is 12.9. The molecule has 0 spiro atoms. The Morgan fingerprint density at radius 1 is 1.03 bits per heavy atom. The summed E-state index contributed by atoms with van der Waals surface area (Å²) in [5, 5.41) is 17.6. The zero-order chi connectivity index (χ0) is 20.8.